The smallest absolute Gasteiger partial charge is 0.0359 e. The Hall–Kier alpha value is -0.380. The van der Waals surface area contributed by atoms with Gasteiger partial charge < -0.3 is 0 Å². The highest BCUT2D eigenvalue weighted by Gasteiger charge is 1.93. The lowest BCUT2D eigenvalue weighted by atomic mass is 10.2. The van der Waals surface area contributed by atoms with E-state index in [-0.39, 0.29) is 0 Å². The minimum atomic E-state index is 0.696. The normalized spacial score (nSPS) is 9.80. The predicted molar refractivity (Wildman–Crippen MR) is 45.2 cm³/mol. The van der Waals surface area contributed by atoms with Gasteiger partial charge in [0.05, 0.1) is 0 Å². The van der Waals surface area contributed by atoms with Gasteiger partial charge in [0.2, 0.25) is 0 Å². The molecule has 54 valence electrons. The maximum atomic E-state index is 5.16. The quantitative estimate of drug-likeness (QED) is 0.560. The van der Waals surface area contributed by atoms with Crippen LogP contribution in [0.3, 0.4) is 0 Å². The van der Waals surface area contributed by atoms with Crippen molar-refractivity contribution in [2.24, 2.45) is 5.84 Å². The first-order valence-corrected chi connectivity index (χ1v) is 3.81. The summed E-state index contributed by atoms with van der Waals surface area (Å²) in [5.41, 5.74) is 3.77. The largest absolute Gasteiger partial charge is 0.271 e. The summed E-state index contributed by atoms with van der Waals surface area (Å²) in [7, 11) is 0. The lowest BCUT2D eigenvalue weighted by Crippen LogP contribution is -2.20. The molecule has 3 heteroatoms. The van der Waals surface area contributed by atoms with Crippen molar-refractivity contribution in [3.8, 4) is 0 Å². The van der Waals surface area contributed by atoms with Gasteiger partial charge in [-0.1, -0.05) is 34.1 Å². The summed E-state index contributed by atoms with van der Waals surface area (Å²) in [4.78, 5) is 0. The second-order valence-corrected chi connectivity index (χ2v) is 2.83. The van der Waals surface area contributed by atoms with E-state index in [2.05, 4.69) is 21.4 Å². The van der Waals surface area contributed by atoms with Crippen molar-refractivity contribution >= 4 is 15.9 Å². The topological polar surface area (TPSA) is 38.0 Å². The second-order valence-electron chi connectivity index (χ2n) is 1.97. The maximum absolute atomic E-state index is 5.16. The third-order valence-corrected chi connectivity index (χ3v) is 2.02. The first-order chi connectivity index (χ1) is 4.84. The zero-order valence-electron chi connectivity index (χ0n) is 5.47. The zero-order chi connectivity index (χ0) is 7.40. The van der Waals surface area contributed by atoms with Crippen LogP contribution in [0.5, 0.6) is 0 Å². The van der Waals surface area contributed by atoms with Crippen molar-refractivity contribution in [1.29, 1.82) is 0 Å². The van der Waals surface area contributed by atoms with Crippen molar-refractivity contribution in [3.63, 3.8) is 0 Å². The third-order valence-electron chi connectivity index (χ3n) is 1.25. The molecular formula is C7H9BrN2. The van der Waals surface area contributed by atoms with Gasteiger partial charge in [0.1, 0.15) is 0 Å². The molecule has 2 nitrogen and oxygen atoms in total. The molecule has 0 aliphatic rings. The van der Waals surface area contributed by atoms with Gasteiger partial charge in [-0.2, -0.15) is 0 Å². The summed E-state index contributed by atoms with van der Waals surface area (Å²) in [6.07, 6.45) is 0. The lowest BCUT2D eigenvalue weighted by Gasteiger charge is -2.00. The number of halogens is 1. The lowest BCUT2D eigenvalue weighted by molar-refractivity contribution is 0.739. The predicted octanol–water partition coefficient (Wildman–Crippen LogP) is 1.41. The number of hydrogen-bond donors (Lipinski definition) is 2. The summed E-state index contributed by atoms with van der Waals surface area (Å²) in [6, 6.07) is 7.97. The minimum Gasteiger partial charge on any atom is -0.271 e. The van der Waals surface area contributed by atoms with Gasteiger partial charge >= 0.3 is 0 Å². The Bertz CT molecular complexity index is 213. The first kappa shape index (κ1) is 7.72. The molecule has 0 bridgehead atoms. The van der Waals surface area contributed by atoms with Crippen LogP contribution in [0.1, 0.15) is 5.56 Å². The summed E-state index contributed by atoms with van der Waals surface area (Å²) < 4.78 is 1.09. The van der Waals surface area contributed by atoms with E-state index in [0.29, 0.717) is 6.54 Å². The van der Waals surface area contributed by atoms with Crippen molar-refractivity contribution < 1.29 is 0 Å². The zero-order valence-corrected chi connectivity index (χ0v) is 7.06. The summed E-state index contributed by atoms with van der Waals surface area (Å²) >= 11 is 3.40. The fraction of sp³-hybridized carbons (Fsp3) is 0.143. The van der Waals surface area contributed by atoms with E-state index in [1.165, 1.54) is 5.56 Å². The van der Waals surface area contributed by atoms with E-state index in [9.17, 15) is 0 Å². The molecule has 1 rings (SSSR count). The molecule has 0 unspecified atom stereocenters. The van der Waals surface area contributed by atoms with Gasteiger partial charge in [0.15, 0.2) is 0 Å². The molecule has 0 amide bonds. The van der Waals surface area contributed by atoms with Crippen LogP contribution in [-0.2, 0) is 6.54 Å². The Morgan fingerprint density at radius 1 is 1.40 bits per heavy atom. The second kappa shape index (κ2) is 3.71. The van der Waals surface area contributed by atoms with Gasteiger partial charge in [-0.05, 0) is 11.6 Å². The van der Waals surface area contributed by atoms with Crippen molar-refractivity contribution in [2.45, 2.75) is 6.54 Å². The molecule has 0 radical (unpaired) electrons. The fourth-order valence-corrected chi connectivity index (χ4v) is 1.18. The van der Waals surface area contributed by atoms with Gasteiger partial charge in [0, 0.05) is 11.0 Å². The van der Waals surface area contributed by atoms with Crippen LogP contribution >= 0.6 is 15.9 Å². The first-order valence-electron chi connectivity index (χ1n) is 3.01. The molecule has 10 heavy (non-hydrogen) atoms. The van der Waals surface area contributed by atoms with Crippen molar-refractivity contribution in [2.75, 3.05) is 0 Å². The average Bonchev–Trinajstić information content (AvgIpc) is 1.94. The molecule has 3 N–H and O–H groups in total. The highest BCUT2D eigenvalue weighted by molar-refractivity contribution is 9.10. The van der Waals surface area contributed by atoms with Gasteiger partial charge in [0.25, 0.3) is 0 Å². The van der Waals surface area contributed by atoms with Crippen molar-refractivity contribution in [3.05, 3.63) is 34.3 Å². The third kappa shape index (κ3) is 1.80. The van der Waals surface area contributed by atoms with Gasteiger partial charge in [-0.3, -0.25) is 11.3 Å². The van der Waals surface area contributed by atoms with Crippen LogP contribution in [0.2, 0.25) is 0 Å². The number of benzene rings is 1. The minimum absolute atomic E-state index is 0.696. The Labute approximate surface area is 68.5 Å². The molecule has 1 aromatic rings. The van der Waals surface area contributed by atoms with Gasteiger partial charge in [-0.15, -0.1) is 0 Å². The van der Waals surface area contributed by atoms with E-state index in [0.717, 1.165) is 4.47 Å². The van der Waals surface area contributed by atoms with Crippen LogP contribution in [-0.4, -0.2) is 0 Å². The standard InChI is InChI=1S/C7H9BrN2/c8-7-4-2-1-3-6(7)5-10-9/h1-4,10H,5,9H2. The fourth-order valence-electron chi connectivity index (χ4n) is 0.752. The molecule has 0 fully saturated rings. The molecule has 0 aromatic heterocycles. The molecule has 0 spiro atoms. The Morgan fingerprint density at radius 2 is 2.10 bits per heavy atom. The SMILES string of the molecule is NNCc1ccccc1Br. The number of hydrazine groups is 1. The van der Waals surface area contributed by atoms with Crippen LogP contribution in [0.25, 0.3) is 0 Å². The molecular weight excluding hydrogens is 192 g/mol. The number of hydrogen-bond acceptors (Lipinski definition) is 2. The van der Waals surface area contributed by atoms with E-state index in [4.69, 9.17) is 5.84 Å². The molecule has 0 saturated heterocycles. The van der Waals surface area contributed by atoms with E-state index >= 15 is 0 Å². The highest BCUT2D eigenvalue weighted by atomic mass is 79.9. The van der Waals surface area contributed by atoms with Crippen LogP contribution in [0.4, 0.5) is 0 Å². The van der Waals surface area contributed by atoms with Crippen LogP contribution < -0.4 is 11.3 Å². The van der Waals surface area contributed by atoms with Crippen LogP contribution in [0, 0.1) is 0 Å². The average molecular weight is 201 g/mol. The molecule has 0 atom stereocenters. The summed E-state index contributed by atoms with van der Waals surface area (Å²) in [6.45, 7) is 0.696. The highest BCUT2D eigenvalue weighted by Crippen LogP contribution is 2.14. The van der Waals surface area contributed by atoms with Crippen LogP contribution in [0.15, 0.2) is 28.7 Å². The Balaban J connectivity index is 2.81. The van der Waals surface area contributed by atoms with E-state index in [1.54, 1.807) is 0 Å². The maximum Gasteiger partial charge on any atom is 0.0359 e. The van der Waals surface area contributed by atoms with E-state index < -0.39 is 0 Å². The van der Waals surface area contributed by atoms with Crippen molar-refractivity contribution in [1.82, 2.24) is 5.43 Å². The Morgan fingerprint density at radius 3 is 2.70 bits per heavy atom. The molecule has 0 aliphatic carbocycles. The monoisotopic (exact) mass is 200 g/mol. The van der Waals surface area contributed by atoms with Gasteiger partial charge in [-0.25, -0.2) is 0 Å². The Kier molecular flexibility index (Phi) is 2.86. The number of rotatable bonds is 2. The van der Waals surface area contributed by atoms with E-state index in [1.807, 2.05) is 24.3 Å². The summed E-state index contributed by atoms with van der Waals surface area (Å²) in [5.74, 6) is 5.16. The molecule has 0 aliphatic heterocycles. The molecule has 0 heterocycles. The summed E-state index contributed by atoms with van der Waals surface area (Å²) in [5, 5.41) is 0. The molecule has 0 saturated carbocycles. The number of nitrogens with two attached hydrogens (primary N) is 1. The molecule has 1 aromatic carbocycles. The number of nitrogens with one attached hydrogen (secondary N) is 1.